The van der Waals surface area contributed by atoms with E-state index in [0.717, 1.165) is 11.4 Å². The van der Waals surface area contributed by atoms with E-state index in [2.05, 4.69) is 5.32 Å². The van der Waals surface area contributed by atoms with Crippen LogP contribution in [-0.4, -0.2) is 37.8 Å². The van der Waals surface area contributed by atoms with Gasteiger partial charge in [-0.2, -0.15) is 0 Å². The number of ether oxygens (including phenoxy) is 1. The summed E-state index contributed by atoms with van der Waals surface area (Å²) in [6.45, 7) is 2.36. The topological polar surface area (TPSA) is 78.9 Å². The normalized spacial score (nSPS) is 11.6. The van der Waals surface area contributed by atoms with E-state index in [9.17, 15) is 9.59 Å². The Balaban J connectivity index is 2.44. The lowest BCUT2D eigenvalue weighted by Crippen LogP contribution is -2.39. The first-order valence-electron chi connectivity index (χ1n) is 6.81. The van der Waals surface area contributed by atoms with Gasteiger partial charge in [0.2, 0.25) is 0 Å². The lowest BCUT2D eigenvalue weighted by Gasteiger charge is -2.20. The molecular formula is C15H22N2O4. The maximum atomic E-state index is 12.0. The molecule has 1 aromatic rings. The summed E-state index contributed by atoms with van der Waals surface area (Å²) in [6, 6.07) is 6.95. The number of carboxylic acid groups (broad SMARTS) is 1. The van der Waals surface area contributed by atoms with Gasteiger partial charge in [-0.1, -0.05) is 6.92 Å². The summed E-state index contributed by atoms with van der Waals surface area (Å²) in [5, 5.41) is 11.4. The first kappa shape index (κ1) is 16.8. The molecule has 0 fully saturated rings. The van der Waals surface area contributed by atoms with Gasteiger partial charge >= 0.3 is 12.0 Å². The van der Waals surface area contributed by atoms with Crippen LogP contribution in [0.1, 0.15) is 19.8 Å². The van der Waals surface area contributed by atoms with Crippen LogP contribution in [0.5, 0.6) is 5.75 Å². The largest absolute Gasteiger partial charge is 0.497 e. The molecule has 0 aromatic heterocycles. The summed E-state index contributed by atoms with van der Waals surface area (Å²) in [5.41, 5.74) is 0.756. The van der Waals surface area contributed by atoms with Gasteiger partial charge in [0.05, 0.1) is 7.11 Å². The monoisotopic (exact) mass is 294 g/mol. The zero-order valence-electron chi connectivity index (χ0n) is 12.6. The zero-order chi connectivity index (χ0) is 15.8. The quantitative estimate of drug-likeness (QED) is 0.809. The van der Waals surface area contributed by atoms with Crippen molar-refractivity contribution in [1.82, 2.24) is 5.32 Å². The number of aliphatic carboxylic acids is 1. The fourth-order valence-corrected chi connectivity index (χ4v) is 1.78. The molecule has 0 radical (unpaired) electrons. The number of hydrogen-bond acceptors (Lipinski definition) is 3. The van der Waals surface area contributed by atoms with Crippen LogP contribution >= 0.6 is 0 Å². The number of nitrogens with one attached hydrogen (secondary N) is 1. The summed E-state index contributed by atoms with van der Waals surface area (Å²) in [6.07, 6.45) is 0.660. The molecule has 0 aliphatic rings. The number of methoxy groups -OCH3 is 1. The van der Waals surface area contributed by atoms with Gasteiger partial charge in [-0.15, -0.1) is 0 Å². The zero-order valence-corrected chi connectivity index (χ0v) is 12.6. The van der Waals surface area contributed by atoms with Gasteiger partial charge in [-0.25, -0.2) is 4.79 Å². The summed E-state index contributed by atoms with van der Waals surface area (Å²) in [4.78, 5) is 24.0. The van der Waals surface area contributed by atoms with Gasteiger partial charge in [-0.05, 0) is 36.6 Å². The lowest BCUT2D eigenvalue weighted by atomic mass is 10.1. The number of benzene rings is 1. The van der Waals surface area contributed by atoms with Crippen molar-refractivity contribution in [2.24, 2.45) is 5.92 Å². The van der Waals surface area contributed by atoms with Crippen molar-refractivity contribution < 1.29 is 19.4 Å². The summed E-state index contributed by atoms with van der Waals surface area (Å²) in [5.74, 6) is 0.0349. The molecule has 0 spiro atoms. The fraction of sp³-hybridized carbons (Fsp3) is 0.467. The van der Waals surface area contributed by atoms with Crippen LogP contribution < -0.4 is 15.0 Å². The maximum absolute atomic E-state index is 12.0. The molecule has 6 heteroatoms. The first-order chi connectivity index (χ1) is 9.93. The Morgan fingerprint density at radius 3 is 2.48 bits per heavy atom. The first-order valence-corrected chi connectivity index (χ1v) is 6.81. The second-order valence-electron chi connectivity index (χ2n) is 4.98. The lowest BCUT2D eigenvalue weighted by molar-refractivity contribution is -0.137. The molecule has 1 aromatic carbocycles. The maximum Gasteiger partial charge on any atom is 0.321 e. The minimum Gasteiger partial charge on any atom is -0.497 e. The number of rotatable bonds is 7. The smallest absolute Gasteiger partial charge is 0.321 e. The van der Waals surface area contributed by atoms with Crippen LogP contribution in [0, 0.1) is 5.92 Å². The van der Waals surface area contributed by atoms with Gasteiger partial charge in [-0.3, -0.25) is 9.69 Å². The third-order valence-corrected chi connectivity index (χ3v) is 3.22. The third-order valence-electron chi connectivity index (χ3n) is 3.22. The van der Waals surface area contributed by atoms with Crippen LogP contribution in [0.15, 0.2) is 24.3 Å². The molecule has 21 heavy (non-hydrogen) atoms. The minimum atomic E-state index is -0.816. The van der Waals surface area contributed by atoms with E-state index in [1.165, 1.54) is 4.90 Å². The number of anilines is 1. The molecule has 2 amide bonds. The molecule has 1 unspecified atom stereocenters. The Morgan fingerprint density at radius 2 is 1.95 bits per heavy atom. The molecule has 2 N–H and O–H groups in total. The van der Waals surface area contributed by atoms with E-state index in [4.69, 9.17) is 9.84 Å². The predicted octanol–water partition coefficient (Wildman–Crippen LogP) is 2.34. The minimum absolute atomic E-state index is 0.116. The number of carboxylic acids is 1. The van der Waals surface area contributed by atoms with E-state index in [0.29, 0.717) is 13.0 Å². The molecule has 0 aliphatic carbocycles. The number of nitrogens with zero attached hydrogens (tertiary/aromatic N) is 1. The SMILES string of the molecule is COc1ccc(N(C)C(=O)NCC(C)CCC(=O)O)cc1. The van der Waals surface area contributed by atoms with Crippen molar-refractivity contribution in [2.75, 3.05) is 25.6 Å². The van der Waals surface area contributed by atoms with E-state index in [1.807, 2.05) is 6.92 Å². The van der Waals surface area contributed by atoms with Crippen molar-refractivity contribution in [3.05, 3.63) is 24.3 Å². The molecule has 0 aliphatic heterocycles. The molecule has 116 valence electrons. The average Bonchev–Trinajstić information content (AvgIpc) is 2.49. The number of urea groups is 1. The van der Waals surface area contributed by atoms with E-state index < -0.39 is 5.97 Å². The van der Waals surface area contributed by atoms with Crippen molar-refractivity contribution in [3.63, 3.8) is 0 Å². The molecular weight excluding hydrogens is 272 g/mol. The summed E-state index contributed by atoms with van der Waals surface area (Å²) >= 11 is 0. The molecule has 1 rings (SSSR count). The summed E-state index contributed by atoms with van der Waals surface area (Å²) in [7, 11) is 3.27. The molecule has 0 saturated carbocycles. The Morgan fingerprint density at radius 1 is 1.33 bits per heavy atom. The predicted molar refractivity (Wildman–Crippen MR) is 80.8 cm³/mol. The Bertz CT molecular complexity index is 473. The Labute approximate surface area is 124 Å². The van der Waals surface area contributed by atoms with Crippen LogP contribution in [0.4, 0.5) is 10.5 Å². The van der Waals surface area contributed by atoms with Crippen LogP contribution in [0.25, 0.3) is 0 Å². The van der Waals surface area contributed by atoms with Crippen molar-refractivity contribution in [3.8, 4) is 5.75 Å². The van der Waals surface area contributed by atoms with E-state index >= 15 is 0 Å². The van der Waals surface area contributed by atoms with E-state index in [1.54, 1.807) is 38.4 Å². The highest BCUT2D eigenvalue weighted by molar-refractivity contribution is 5.91. The Kier molecular flexibility index (Phi) is 6.52. The molecule has 0 bridgehead atoms. The van der Waals surface area contributed by atoms with Crippen LogP contribution in [0.2, 0.25) is 0 Å². The molecule has 1 atom stereocenters. The van der Waals surface area contributed by atoms with Gasteiger partial charge in [0.15, 0.2) is 0 Å². The van der Waals surface area contributed by atoms with Gasteiger partial charge < -0.3 is 15.2 Å². The second kappa shape index (κ2) is 8.14. The van der Waals surface area contributed by atoms with E-state index in [-0.39, 0.29) is 18.4 Å². The molecule has 0 saturated heterocycles. The summed E-state index contributed by atoms with van der Waals surface area (Å²) < 4.78 is 5.07. The van der Waals surface area contributed by atoms with Crippen molar-refractivity contribution in [1.29, 1.82) is 0 Å². The highest BCUT2D eigenvalue weighted by Gasteiger charge is 2.12. The number of amides is 2. The van der Waals surface area contributed by atoms with Gasteiger partial charge in [0, 0.05) is 25.7 Å². The number of hydrogen-bond donors (Lipinski definition) is 2. The Hall–Kier alpha value is -2.24. The molecule has 6 nitrogen and oxygen atoms in total. The third kappa shape index (κ3) is 5.72. The van der Waals surface area contributed by atoms with Crippen LogP contribution in [-0.2, 0) is 4.79 Å². The fourth-order valence-electron chi connectivity index (χ4n) is 1.78. The number of carbonyl (C=O) groups excluding carboxylic acids is 1. The molecule has 0 heterocycles. The highest BCUT2D eigenvalue weighted by atomic mass is 16.5. The van der Waals surface area contributed by atoms with Crippen LogP contribution in [0.3, 0.4) is 0 Å². The highest BCUT2D eigenvalue weighted by Crippen LogP contribution is 2.18. The average molecular weight is 294 g/mol. The number of carbonyl (C=O) groups is 2. The van der Waals surface area contributed by atoms with Gasteiger partial charge in [0.1, 0.15) is 5.75 Å². The van der Waals surface area contributed by atoms with Crippen molar-refractivity contribution >= 4 is 17.7 Å². The van der Waals surface area contributed by atoms with Gasteiger partial charge in [0.25, 0.3) is 0 Å². The second-order valence-corrected chi connectivity index (χ2v) is 4.98. The van der Waals surface area contributed by atoms with Crippen molar-refractivity contribution in [2.45, 2.75) is 19.8 Å². The standard InChI is InChI=1S/C15H22N2O4/c1-11(4-9-14(18)19)10-16-15(20)17(2)12-5-7-13(21-3)8-6-12/h5-8,11H,4,9-10H2,1-3H3,(H,16,20)(H,18,19).